The molecule has 3 N–H and O–H groups in total. The summed E-state index contributed by atoms with van der Waals surface area (Å²) in [5.41, 5.74) is 1.41. The second-order valence-electron chi connectivity index (χ2n) is 7.82. The fourth-order valence-corrected chi connectivity index (χ4v) is 3.55. The predicted octanol–water partition coefficient (Wildman–Crippen LogP) is 3.88. The Morgan fingerprint density at radius 2 is 1.65 bits per heavy atom. The van der Waals surface area contributed by atoms with Crippen molar-refractivity contribution in [2.24, 2.45) is 5.92 Å². The van der Waals surface area contributed by atoms with Crippen molar-refractivity contribution in [3.63, 3.8) is 0 Å². The van der Waals surface area contributed by atoms with Crippen LogP contribution in [-0.2, 0) is 20.7 Å². The number of benzene rings is 3. The molecule has 6 nitrogen and oxygen atoms in total. The van der Waals surface area contributed by atoms with Gasteiger partial charge < -0.3 is 20.5 Å². The van der Waals surface area contributed by atoms with Crippen molar-refractivity contribution in [3.05, 3.63) is 72.3 Å². The normalized spacial score (nSPS) is 12.9. The van der Waals surface area contributed by atoms with Crippen molar-refractivity contribution >= 4 is 28.3 Å². The van der Waals surface area contributed by atoms with E-state index in [2.05, 4.69) is 10.6 Å². The van der Waals surface area contributed by atoms with Crippen LogP contribution in [0.3, 0.4) is 0 Å². The van der Waals surface area contributed by atoms with Crippen molar-refractivity contribution in [2.75, 3.05) is 12.4 Å². The zero-order valence-electron chi connectivity index (χ0n) is 18.0. The molecule has 0 aliphatic heterocycles. The lowest BCUT2D eigenvalue weighted by Crippen LogP contribution is -2.50. The predicted molar refractivity (Wildman–Crippen MR) is 122 cm³/mol. The van der Waals surface area contributed by atoms with E-state index in [0.717, 1.165) is 16.3 Å². The van der Waals surface area contributed by atoms with Crippen molar-refractivity contribution in [1.82, 2.24) is 5.32 Å². The number of aromatic hydroxyl groups is 1. The van der Waals surface area contributed by atoms with Crippen LogP contribution < -0.4 is 10.6 Å². The van der Waals surface area contributed by atoms with E-state index in [1.165, 1.54) is 7.11 Å². The van der Waals surface area contributed by atoms with Crippen molar-refractivity contribution < 1.29 is 19.4 Å². The number of phenolic OH excluding ortho intramolecular Hbond substituents is 1. The Hall–Kier alpha value is -3.54. The first-order valence-corrected chi connectivity index (χ1v) is 10.3. The Bertz CT molecular complexity index is 1050. The maximum absolute atomic E-state index is 13.2. The lowest BCUT2D eigenvalue weighted by atomic mass is 10.00. The Kier molecular flexibility index (Phi) is 7.13. The Balaban J connectivity index is 1.84. The van der Waals surface area contributed by atoms with Gasteiger partial charge in [-0.1, -0.05) is 74.5 Å². The minimum absolute atomic E-state index is 0.0611. The lowest BCUT2D eigenvalue weighted by Gasteiger charge is -2.26. The second-order valence-corrected chi connectivity index (χ2v) is 7.82. The van der Waals surface area contributed by atoms with Gasteiger partial charge in [-0.25, -0.2) is 4.79 Å². The molecule has 0 saturated heterocycles. The van der Waals surface area contributed by atoms with Crippen LogP contribution in [0.25, 0.3) is 10.8 Å². The van der Waals surface area contributed by atoms with Gasteiger partial charge in [0.2, 0.25) is 5.91 Å². The van der Waals surface area contributed by atoms with Gasteiger partial charge >= 0.3 is 5.97 Å². The minimum atomic E-state index is -0.816. The largest absolute Gasteiger partial charge is 0.506 e. The highest BCUT2D eigenvalue weighted by Crippen LogP contribution is 2.33. The third kappa shape index (κ3) is 5.34. The molecule has 0 radical (unpaired) electrons. The molecule has 0 aromatic heterocycles. The Morgan fingerprint density at radius 1 is 0.968 bits per heavy atom. The van der Waals surface area contributed by atoms with E-state index < -0.39 is 18.1 Å². The highest BCUT2D eigenvalue weighted by atomic mass is 16.5. The minimum Gasteiger partial charge on any atom is -0.506 e. The van der Waals surface area contributed by atoms with E-state index in [0.29, 0.717) is 12.1 Å². The molecule has 0 bridgehead atoms. The molecule has 3 rings (SSSR count). The number of amides is 1. The maximum atomic E-state index is 13.2. The lowest BCUT2D eigenvalue weighted by molar-refractivity contribution is -0.145. The summed E-state index contributed by atoms with van der Waals surface area (Å²) in [6, 6.07) is 19.0. The number of hydrogen-bond donors (Lipinski definition) is 3. The summed E-state index contributed by atoms with van der Waals surface area (Å²) in [5.74, 6) is -0.888. The molecular formula is C25H28N2O4. The van der Waals surface area contributed by atoms with Crippen LogP contribution in [0.4, 0.5) is 5.69 Å². The van der Waals surface area contributed by atoms with Crippen LogP contribution in [-0.4, -0.2) is 36.2 Å². The molecule has 162 valence electrons. The smallest absolute Gasteiger partial charge is 0.328 e. The quantitative estimate of drug-likeness (QED) is 0.380. The molecule has 0 spiro atoms. The first-order valence-electron chi connectivity index (χ1n) is 10.3. The summed E-state index contributed by atoms with van der Waals surface area (Å²) in [7, 11) is 1.30. The van der Waals surface area contributed by atoms with E-state index in [4.69, 9.17) is 4.74 Å². The van der Waals surface area contributed by atoms with Crippen LogP contribution in [0, 0.1) is 5.92 Å². The number of carbonyl (C=O) groups excluding carboxylic acids is 2. The van der Waals surface area contributed by atoms with Crippen molar-refractivity contribution in [3.8, 4) is 5.75 Å². The Labute approximate surface area is 182 Å². The molecule has 3 aromatic rings. The maximum Gasteiger partial charge on any atom is 0.328 e. The molecule has 3 aromatic carbocycles. The molecule has 0 fully saturated rings. The molecule has 31 heavy (non-hydrogen) atoms. The van der Waals surface area contributed by atoms with Gasteiger partial charge in [-0.2, -0.15) is 0 Å². The SMILES string of the molecule is COC(=O)[C@H](Cc1ccccc1)NC(=O)[C@@H](Nc1c(O)ccc2ccccc12)C(C)C. The average Bonchev–Trinajstić information content (AvgIpc) is 2.77. The summed E-state index contributed by atoms with van der Waals surface area (Å²) in [4.78, 5) is 25.5. The van der Waals surface area contributed by atoms with E-state index in [-0.39, 0.29) is 17.6 Å². The van der Waals surface area contributed by atoms with E-state index in [9.17, 15) is 14.7 Å². The molecule has 0 saturated carbocycles. The van der Waals surface area contributed by atoms with Gasteiger partial charge in [0.25, 0.3) is 0 Å². The third-order valence-corrected chi connectivity index (χ3v) is 5.24. The van der Waals surface area contributed by atoms with Gasteiger partial charge in [0.15, 0.2) is 0 Å². The number of rotatable bonds is 8. The fraction of sp³-hybridized carbons (Fsp3) is 0.280. The number of anilines is 1. The van der Waals surface area contributed by atoms with Crippen LogP contribution in [0.1, 0.15) is 19.4 Å². The highest BCUT2D eigenvalue weighted by Gasteiger charge is 2.29. The number of carbonyl (C=O) groups is 2. The summed E-state index contributed by atoms with van der Waals surface area (Å²) in [6.07, 6.45) is 0.323. The number of phenols is 1. The molecule has 0 unspecified atom stereocenters. The highest BCUT2D eigenvalue weighted by molar-refractivity contribution is 5.99. The van der Waals surface area contributed by atoms with Gasteiger partial charge in [0, 0.05) is 11.8 Å². The third-order valence-electron chi connectivity index (χ3n) is 5.24. The van der Waals surface area contributed by atoms with E-state index in [1.54, 1.807) is 6.07 Å². The second kappa shape index (κ2) is 9.98. The summed E-state index contributed by atoms with van der Waals surface area (Å²) >= 11 is 0. The van der Waals surface area contributed by atoms with Gasteiger partial charge in [-0.3, -0.25) is 4.79 Å². The van der Waals surface area contributed by atoms with Crippen LogP contribution in [0.5, 0.6) is 5.75 Å². The Morgan fingerprint density at radius 3 is 2.32 bits per heavy atom. The molecule has 1 amide bonds. The van der Waals surface area contributed by atoms with Crippen LogP contribution in [0.15, 0.2) is 66.7 Å². The number of fused-ring (bicyclic) bond motifs is 1. The van der Waals surface area contributed by atoms with Gasteiger partial charge in [0.05, 0.1) is 12.8 Å². The topological polar surface area (TPSA) is 87.7 Å². The molecule has 0 aliphatic rings. The standard InChI is InChI=1S/C25H28N2O4/c1-16(2)22(27-23-19-12-8-7-11-18(19)13-14-21(23)28)24(29)26-20(25(30)31-3)15-17-9-5-4-6-10-17/h4-14,16,20,22,27-28H,15H2,1-3H3,(H,26,29)/t20-,22-/m0/s1. The summed E-state index contributed by atoms with van der Waals surface area (Å²) in [6.45, 7) is 3.81. The fourth-order valence-electron chi connectivity index (χ4n) is 3.55. The molecule has 2 atom stereocenters. The molecule has 6 heteroatoms. The molecule has 0 aliphatic carbocycles. The van der Waals surface area contributed by atoms with Gasteiger partial charge in [0.1, 0.15) is 17.8 Å². The summed E-state index contributed by atoms with van der Waals surface area (Å²) in [5, 5.41) is 18.2. The first-order chi connectivity index (χ1) is 14.9. The van der Waals surface area contributed by atoms with Crippen LogP contribution >= 0.6 is 0 Å². The number of nitrogens with one attached hydrogen (secondary N) is 2. The molecule has 0 heterocycles. The van der Waals surface area contributed by atoms with E-state index in [1.807, 2.05) is 74.5 Å². The summed E-state index contributed by atoms with van der Waals surface area (Å²) < 4.78 is 4.91. The monoisotopic (exact) mass is 420 g/mol. The first kappa shape index (κ1) is 22.2. The van der Waals surface area contributed by atoms with Crippen molar-refractivity contribution in [1.29, 1.82) is 0 Å². The zero-order chi connectivity index (χ0) is 22.4. The number of ether oxygens (including phenoxy) is 1. The van der Waals surface area contributed by atoms with E-state index >= 15 is 0 Å². The van der Waals surface area contributed by atoms with Gasteiger partial charge in [-0.05, 0) is 22.9 Å². The van der Waals surface area contributed by atoms with Crippen LogP contribution in [0.2, 0.25) is 0 Å². The van der Waals surface area contributed by atoms with Crippen molar-refractivity contribution in [2.45, 2.75) is 32.4 Å². The molecular weight excluding hydrogens is 392 g/mol. The number of methoxy groups -OCH3 is 1. The van der Waals surface area contributed by atoms with Gasteiger partial charge in [-0.15, -0.1) is 0 Å². The zero-order valence-corrected chi connectivity index (χ0v) is 18.0. The number of hydrogen-bond acceptors (Lipinski definition) is 5. The number of esters is 1. The average molecular weight is 421 g/mol.